The predicted octanol–water partition coefficient (Wildman–Crippen LogP) is 1.91. The first kappa shape index (κ1) is 15.4. The Kier molecular flexibility index (Phi) is 5.13. The predicted molar refractivity (Wildman–Crippen MR) is 87.8 cm³/mol. The SMILES string of the molecule is Cc1cc(N)c(Cl)cc1N1CCN(CCN(C)C)CC1. The first-order valence-electron chi connectivity index (χ1n) is 7.15. The van der Waals surface area contributed by atoms with Gasteiger partial charge in [0.15, 0.2) is 0 Å². The van der Waals surface area contributed by atoms with Gasteiger partial charge in [0.05, 0.1) is 10.7 Å². The Morgan fingerprint density at radius 2 is 1.85 bits per heavy atom. The van der Waals surface area contributed by atoms with Gasteiger partial charge in [0.2, 0.25) is 0 Å². The molecule has 1 aromatic carbocycles. The van der Waals surface area contributed by atoms with Crippen molar-refractivity contribution in [3.8, 4) is 0 Å². The van der Waals surface area contributed by atoms with Crippen molar-refractivity contribution >= 4 is 23.0 Å². The summed E-state index contributed by atoms with van der Waals surface area (Å²) in [6.45, 7) is 8.67. The number of hydrogen-bond acceptors (Lipinski definition) is 4. The van der Waals surface area contributed by atoms with Crippen molar-refractivity contribution < 1.29 is 0 Å². The summed E-state index contributed by atoms with van der Waals surface area (Å²) in [6, 6.07) is 3.97. The van der Waals surface area contributed by atoms with Crippen molar-refractivity contribution in [1.29, 1.82) is 0 Å². The van der Waals surface area contributed by atoms with Crippen molar-refractivity contribution in [2.75, 3.05) is 64.0 Å². The topological polar surface area (TPSA) is 35.7 Å². The highest BCUT2D eigenvalue weighted by atomic mass is 35.5. The number of aryl methyl sites for hydroxylation is 1. The quantitative estimate of drug-likeness (QED) is 0.861. The summed E-state index contributed by atoms with van der Waals surface area (Å²) in [6.07, 6.45) is 0. The fraction of sp³-hybridized carbons (Fsp3) is 0.600. The molecule has 2 rings (SSSR count). The molecule has 0 spiro atoms. The first-order valence-corrected chi connectivity index (χ1v) is 7.53. The molecule has 20 heavy (non-hydrogen) atoms. The van der Waals surface area contributed by atoms with Crippen LogP contribution in [0.5, 0.6) is 0 Å². The van der Waals surface area contributed by atoms with Crippen LogP contribution in [0, 0.1) is 6.92 Å². The molecule has 1 aliphatic heterocycles. The number of hydrogen-bond donors (Lipinski definition) is 1. The molecule has 0 radical (unpaired) electrons. The molecule has 5 heteroatoms. The maximum atomic E-state index is 6.15. The molecule has 0 aliphatic carbocycles. The molecule has 112 valence electrons. The number of nitrogens with zero attached hydrogens (tertiary/aromatic N) is 3. The Labute approximate surface area is 127 Å². The standard InChI is InChI=1S/C15H25ClN4/c1-12-10-14(17)13(16)11-15(12)20-8-6-19(7-9-20)5-4-18(2)3/h10-11H,4-9,17H2,1-3H3. The zero-order valence-electron chi connectivity index (χ0n) is 12.7. The summed E-state index contributed by atoms with van der Waals surface area (Å²) >= 11 is 6.15. The van der Waals surface area contributed by atoms with Gasteiger partial charge in [-0.25, -0.2) is 0 Å². The molecule has 1 fully saturated rings. The van der Waals surface area contributed by atoms with Gasteiger partial charge in [0, 0.05) is 45.0 Å². The highest BCUT2D eigenvalue weighted by Crippen LogP contribution is 2.29. The number of likely N-dealkylation sites (N-methyl/N-ethyl adjacent to an activating group) is 1. The van der Waals surface area contributed by atoms with Gasteiger partial charge in [-0.15, -0.1) is 0 Å². The average molecular weight is 297 g/mol. The molecular weight excluding hydrogens is 272 g/mol. The average Bonchev–Trinajstić information content (AvgIpc) is 2.41. The van der Waals surface area contributed by atoms with Gasteiger partial charge >= 0.3 is 0 Å². The lowest BCUT2D eigenvalue weighted by Gasteiger charge is -2.37. The summed E-state index contributed by atoms with van der Waals surface area (Å²) in [5.74, 6) is 0. The third-order valence-electron chi connectivity index (χ3n) is 3.89. The van der Waals surface area contributed by atoms with Crippen LogP contribution in [-0.2, 0) is 0 Å². The van der Waals surface area contributed by atoms with Gasteiger partial charge in [0.1, 0.15) is 0 Å². The molecule has 1 aliphatic rings. The largest absolute Gasteiger partial charge is 0.398 e. The van der Waals surface area contributed by atoms with Crippen LogP contribution < -0.4 is 10.6 Å². The molecule has 0 amide bonds. The Hall–Kier alpha value is -0.970. The maximum absolute atomic E-state index is 6.15. The molecule has 1 aromatic rings. The minimum atomic E-state index is 0.653. The Balaban J connectivity index is 1.95. The molecule has 0 saturated carbocycles. The maximum Gasteiger partial charge on any atom is 0.0656 e. The van der Waals surface area contributed by atoms with E-state index in [4.69, 9.17) is 17.3 Å². The van der Waals surface area contributed by atoms with E-state index in [1.54, 1.807) is 0 Å². The van der Waals surface area contributed by atoms with E-state index in [0.717, 1.165) is 39.3 Å². The van der Waals surface area contributed by atoms with E-state index in [1.807, 2.05) is 12.1 Å². The molecule has 0 unspecified atom stereocenters. The number of piperazine rings is 1. The van der Waals surface area contributed by atoms with E-state index < -0.39 is 0 Å². The van der Waals surface area contributed by atoms with Crippen LogP contribution in [-0.4, -0.2) is 63.2 Å². The van der Waals surface area contributed by atoms with Crippen molar-refractivity contribution in [3.05, 3.63) is 22.7 Å². The smallest absolute Gasteiger partial charge is 0.0656 e. The second-order valence-corrected chi connectivity index (χ2v) is 6.20. The highest BCUT2D eigenvalue weighted by molar-refractivity contribution is 6.33. The number of benzene rings is 1. The molecule has 1 saturated heterocycles. The van der Waals surface area contributed by atoms with Crippen LogP contribution in [0.15, 0.2) is 12.1 Å². The van der Waals surface area contributed by atoms with E-state index in [-0.39, 0.29) is 0 Å². The lowest BCUT2D eigenvalue weighted by atomic mass is 10.1. The molecular formula is C15H25ClN4. The van der Waals surface area contributed by atoms with Crippen LogP contribution in [0.1, 0.15) is 5.56 Å². The number of nitrogens with two attached hydrogens (primary N) is 1. The molecule has 0 atom stereocenters. The third-order valence-corrected chi connectivity index (χ3v) is 4.22. The van der Waals surface area contributed by atoms with Crippen molar-refractivity contribution in [2.45, 2.75) is 6.92 Å². The fourth-order valence-electron chi connectivity index (χ4n) is 2.59. The molecule has 4 nitrogen and oxygen atoms in total. The number of halogens is 1. The molecule has 1 heterocycles. The lowest BCUT2D eigenvalue weighted by molar-refractivity contribution is 0.229. The van der Waals surface area contributed by atoms with Gasteiger partial charge in [-0.05, 0) is 38.7 Å². The van der Waals surface area contributed by atoms with E-state index in [1.165, 1.54) is 11.3 Å². The Morgan fingerprint density at radius 1 is 1.20 bits per heavy atom. The van der Waals surface area contributed by atoms with Crippen LogP contribution in [0.2, 0.25) is 5.02 Å². The monoisotopic (exact) mass is 296 g/mol. The van der Waals surface area contributed by atoms with Crippen LogP contribution in [0.4, 0.5) is 11.4 Å². The summed E-state index contributed by atoms with van der Waals surface area (Å²) in [7, 11) is 4.24. The Morgan fingerprint density at radius 3 is 2.45 bits per heavy atom. The fourth-order valence-corrected chi connectivity index (χ4v) is 2.75. The summed E-state index contributed by atoms with van der Waals surface area (Å²) in [5, 5.41) is 0.653. The zero-order chi connectivity index (χ0) is 14.7. The van der Waals surface area contributed by atoms with Gasteiger partial charge in [-0.1, -0.05) is 11.6 Å². The number of nitrogen functional groups attached to an aromatic ring is 1. The van der Waals surface area contributed by atoms with Crippen LogP contribution >= 0.6 is 11.6 Å². The lowest BCUT2D eigenvalue weighted by Crippen LogP contribution is -2.48. The van der Waals surface area contributed by atoms with E-state index in [0.29, 0.717) is 10.7 Å². The number of rotatable bonds is 4. The normalized spacial score (nSPS) is 16.9. The minimum absolute atomic E-state index is 0.653. The number of anilines is 2. The van der Waals surface area contributed by atoms with Gasteiger partial charge in [0.25, 0.3) is 0 Å². The molecule has 2 N–H and O–H groups in total. The third kappa shape index (κ3) is 3.78. The second kappa shape index (κ2) is 6.66. The van der Waals surface area contributed by atoms with Crippen LogP contribution in [0.3, 0.4) is 0 Å². The minimum Gasteiger partial charge on any atom is -0.398 e. The van der Waals surface area contributed by atoms with Crippen molar-refractivity contribution in [3.63, 3.8) is 0 Å². The van der Waals surface area contributed by atoms with Gasteiger partial charge in [-0.3, -0.25) is 4.90 Å². The van der Waals surface area contributed by atoms with E-state index in [2.05, 4.69) is 35.7 Å². The molecule has 0 bridgehead atoms. The molecule has 0 aromatic heterocycles. The van der Waals surface area contributed by atoms with Crippen molar-refractivity contribution in [1.82, 2.24) is 9.80 Å². The summed E-state index contributed by atoms with van der Waals surface area (Å²) < 4.78 is 0. The first-order chi connectivity index (χ1) is 9.47. The highest BCUT2D eigenvalue weighted by Gasteiger charge is 2.19. The second-order valence-electron chi connectivity index (χ2n) is 5.79. The summed E-state index contributed by atoms with van der Waals surface area (Å²) in [4.78, 5) is 7.16. The van der Waals surface area contributed by atoms with E-state index >= 15 is 0 Å². The van der Waals surface area contributed by atoms with Crippen molar-refractivity contribution in [2.24, 2.45) is 0 Å². The zero-order valence-corrected chi connectivity index (χ0v) is 13.5. The van der Waals surface area contributed by atoms with Gasteiger partial charge < -0.3 is 15.5 Å². The summed E-state index contributed by atoms with van der Waals surface area (Å²) in [5.41, 5.74) is 8.93. The van der Waals surface area contributed by atoms with E-state index in [9.17, 15) is 0 Å². The Bertz CT molecular complexity index is 453. The van der Waals surface area contributed by atoms with Crippen LogP contribution in [0.25, 0.3) is 0 Å². The van der Waals surface area contributed by atoms with Gasteiger partial charge in [-0.2, -0.15) is 0 Å².